The minimum absolute atomic E-state index is 0.0916. The summed E-state index contributed by atoms with van der Waals surface area (Å²) in [6.45, 7) is 0.318. The summed E-state index contributed by atoms with van der Waals surface area (Å²) in [6, 6.07) is 7.94. The van der Waals surface area contributed by atoms with Crippen molar-refractivity contribution in [1.29, 1.82) is 0 Å². The Morgan fingerprint density at radius 2 is 2.24 bits per heavy atom. The number of nitrogens with zero attached hydrogens (tertiary/aromatic N) is 2. The molecule has 2 heterocycles. The molecule has 1 aliphatic rings. The summed E-state index contributed by atoms with van der Waals surface area (Å²) >= 11 is 0. The van der Waals surface area contributed by atoms with Crippen molar-refractivity contribution >= 4 is 0 Å². The first-order chi connectivity index (χ1) is 8.36. The molecule has 0 spiro atoms. The van der Waals surface area contributed by atoms with E-state index in [4.69, 9.17) is 14.4 Å². The third kappa shape index (κ3) is 1.89. The van der Waals surface area contributed by atoms with E-state index in [1.165, 1.54) is 0 Å². The van der Waals surface area contributed by atoms with Crippen molar-refractivity contribution in [3.05, 3.63) is 41.5 Å². The van der Waals surface area contributed by atoms with Crippen LogP contribution in [0.3, 0.4) is 0 Å². The van der Waals surface area contributed by atoms with Gasteiger partial charge in [0, 0.05) is 0 Å². The monoisotopic (exact) mass is 232 g/mol. The van der Waals surface area contributed by atoms with Crippen LogP contribution in [-0.2, 0) is 13.0 Å². The van der Waals surface area contributed by atoms with Gasteiger partial charge < -0.3 is 14.4 Å². The van der Waals surface area contributed by atoms with Gasteiger partial charge in [-0.15, -0.1) is 0 Å². The minimum Gasteiger partial charge on any atom is -0.493 e. The van der Waals surface area contributed by atoms with E-state index in [9.17, 15) is 0 Å². The van der Waals surface area contributed by atoms with E-state index in [1.807, 2.05) is 24.3 Å². The number of rotatable bonds is 2. The molecule has 17 heavy (non-hydrogen) atoms. The average molecular weight is 232 g/mol. The molecule has 1 aliphatic heterocycles. The molecule has 0 saturated carbocycles. The highest BCUT2D eigenvalue weighted by Gasteiger charge is 2.25. The first-order valence-corrected chi connectivity index (χ1v) is 5.51. The lowest BCUT2D eigenvalue weighted by Crippen LogP contribution is -2.20. The van der Waals surface area contributed by atoms with E-state index in [-0.39, 0.29) is 18.4 Å². The molecule has 1 aromatic carbocycles. The number of ether oxygens (including phenoxy) is 1. The Morgan fingerprint density at radius 3 is 3.06 bits per heavy atom. The maximum Gasteiger partial charge on any atom is 0.252 e. The van der Waals surface area contributed by atoms with Gasteiger partial charge in [-0.3, -0.25) is 0 Å². The normalized spacial score (nSPS) is 18.5. The average Bonchev–Trinajstić information content (AvgIpc) is 2.87. The number of fused-ring (bicyclic) bond motifs is 1. The first kappa shape index (κ1) is 10.3. The van der Waals surface area contributed by atoms with Crippen molar-refractivity contribution in [1.82, 2.24) is 10.1 Å². The van der Waals surface area contributed by atoms with Crippen LogP contribution in [0.15, 0.2) is 28.8 Å². The second-order valence-electron chi connectivity index (χ2n) is 4.02. The van der Waals surface area contributed by atoms with Crippen molar-refractivity contribution in [2.24, 2.45) is 0 Å². The Kier molecular flexibility index (Phi) is 2.53. The number of aliphatic hydroxyl groups is 1. The first-order valence-electron chi connectivity index (χ1n) is 5.51. The van der Waals surface area contributed by atoms with Crippen LogP contribution in [0, 0.1) is 0 Å². The van der Waals surface area contributed by atoms with Crippen LogP contribution >= 0.6 is 0 Å². The molecular weight excluding hydrogens is 220 g/mol. The standard InChI is InChI=1S/C12H12N2O3/c15-6-11-13-12(14-17-11)9-5-8-3-1-2-4-10(8)16-7-9/h1-4,9,15H,5-7H2. The molecular formula is C12H12N2O3. The van der Waals surface area contributed by atoms with E-state index in [1.54, 1.807) is 0 Å². The van der Waals surface area contributed by atoms with Crippen molar-refractivity contribution < 1.29 is 14.4 Å². The molecule has 3 rings (SSSR count). The van der Waals surface area contributed by atoms with Gasteiger partial charge in [-0.2, -0.15) is 4.98 Å². The fraction of sp³-hybridized carbons (Fsp3) is 0.333. The Bertz CT molecular complexity index is 524. The van der Waals surface area contributed by atoms with Gasteiger partial charge in [-0.25, -0.2) is 0 Å². The van der Waals surface area contributed by atoms with Crippen LogP contribution in [0.2, 0.25) is 0 Å². The maximum atomic E-state index is 8.88. The Hall–Kier alpha value is -1.88. The van der Waals surface area contributed by atoms with E-state index in [0.717, 1.165) is 17.7 Å². The van der Waals surface area contributed by atoms with Crippen molar-refractivity contribution in [3.8, 4) is 5.75 Å². The number of hydrogen-bond donors (Lipinski definition) is 1. The van der Waals surface area contributed by atoms with Crippen LogP contribution in [0.1, 0.15) is 23.2 Å². The molecule has 5 nitrogen and oxygen atoms in total. The number of para-hydroxylation sites is 1. The largest absolute Gasteiger partial charge is 0.493 e. The third-order valence-corrected chi connectivity index (χ3v) is 2.86. The lowest BCUT2D eigenvalue weighted by molar-refractivity contribution is 0.221. The fourth-order valence-electron chi connectivity index (χ4n) is 1.99. The topological polar surface area (TPSA) is 68.4 Å². The highest BCUT2D eigenvalue weighted by molar-refractivity contribution is 5.36. The van der Waals surface area contributed by atoms with Crippen LogP contribution < -0.4 is 4.74 Å². The third-order valence-electron chi connectivity index (χ3n) is 2.86. The Morgan fingerprint density at radius 1 is 1.35 bits per heavy atom. The quantitative estimate of drug-likeness (QED) is 0.844. The summed E-state index contributed by atoms with van der Waals surface area (Å²) in [6.07, 6.45) is 0.834. The van der Waals surface area contributed by atoms with E-state index < -0.39 is 0 Å². The Balaban J connectivity index is 1.84. The summed E-state index contributed by atoms with van der Waals surface area (Å²) < 4.78 is 10.5. The van der Waals surface area contributed by atoms with Crippen LogP contribution in [-0.4, -0.2) is 21.9 Å². The number of hydrogen-bond acceptors (Lipinski definition) is 5. The minimum atomic E-state index is -0.225. The van der Waals surface area contributed by atoms with E-state index in [0.29, 0.717) is 12.4 Å². The molecule has 1 N–H and O–H groups in total. The lowest BCUT2D eigenvalue weighted by Gasteiger charge is -2.22. The van der Waals surface area contributed by atoms with Crippen molar-refractivity contribution in [2.75, 3.05) is 6.61 Å². The summed E-state index contributed by atoms with van der Waals surface area (Å²) in [4.78, 5) is 4.12. The molecule has 0 fully saturated rings. The highest BCUT2D eigenvalue weighted by Crippen LogP contribution is 2.30. The molecule has 1 aromatic heterocycles. The van der Waals surface area contributed by atoms with Gasteiger partial charge >= 0.3 is 0 Å². The Labute approximate surface area is 98.0 Å². The van der Waals surface area contributed by atoms with Crippen LogP contribution in [0.4, 0.5) is 0 Å². The number of aromatic nitrogens is 2. The molecule has 0 bridgehead atoms. The summed E-state index contributed by atoms with van der Waals surface area (Å²) in [5, 5.41) is 12.7. The number of aliphatic hydroxyl groups excluding tert-OH is 1. The molecule has 0 radical (unpaired) electrons. The van der Waals surface area contributed by atoms with E-state index in [2.05, 4.69) is 10.1 Å². The zero-order valence-corrected chi connectivity index (χ0v) is 9.17. The second-order valence-corrected chi connectivity index (χ2v) is 4.02. The fourth-order valence-corrected chi connectivity index (χ4v) is 1.99. The van der Waals surface area contributed by atoms with Gasteiger partial charge in [0.2, 0.25) is 0 Å². The van der Waals surface area contributed by atoms with Crippen LogP contribution in [0.25, 0.3) is 0 Å². The van der Waals surface area contributed by atoms with Gasteiger partial charge in [-0.05, 0) is 18.1 Å². The van der Waals surface area contributed by atoms with Gasteiger partial charge in [-0.1, -0.05) is 23.4 Å². The zero-order valence-electron chi connectivity index (χ0n) is 9.17. The van der Waals surface area contributed by atoms with Gasteiger partial charge in [0.05, 0.1) is 12.5 Å². The highest BCUT2D eigenvalue weighted by atomic mass is 16.5. The molecule has 1 unspecified atom stereocenters. The molecule has 0 amide bonds. The van der Waals surface area contributed by atoms with Crippen LogP contribution in [0.5, 0.6) is 5.75 Å². The predicted octanol–water partition coefficient (Wildman–Crippen LogP) is 1.28. The van der Waals surface area contributed by atoms with Gasteiger partial charge in [0.15, 0.2) is 5.82 Å². The predicted molar refractivity (Wildman–Crippen MR) is 58.6 cm³/mol. The van der Waals surface area contributed by atoms with E-state index >= 15 is 0 Å². The summed E-state index contributed by atoms with van der Waals surface area (Å²) in [5.41, 5.74) is 1.15. The SMILES string of the molecule is OCc1nc(C2COc3ccccc3C2)no1. The van der Waals surface area contributed by atoms with Gasteiger partial charge in [0.25, 0.3) is 5.89 Å². The molecule has 1 atom stereocenters. The van der Waals surface area contributed by atoms with Gasteiger partial charge in [0.1, 0.15) is 12.4 Å². The second kappa shape index (κ2) is 4.18. The molecule has 0 aliphatic carbocycles. The molecule has 88 valence electrons. The summed E-state index contributed by atoms with van der Waals surface area (Å²) in [5.74, 6) is 1.87. The number of benzene rings is 1. The van der Waals surface area contributed by atoms with Crippen molar-refractivity contribution in [2.45, 2.75) is 18.9 Å². The molecule has 0 saturated heterocycles. The summed E-state index contributed by atoms with van der Waals surface area (Å²) in [7, 11) is 0. The smallest absolute Gasteiger partial charge is 0.252 e. The zero-order chi connectivity index (χ0) is 11.7. The van der Waals surface area contributed by atoms with Crippen molar-refractivity contribution in [3.63, 3.8) is 0 Å². The maximum absolute atomic E-state index is 8.88. The molecule has 2 aromatic rings. The lowest BCUT2D eigenvalue weighted by atomic mass is 9.96. The molecule has 5 heteroatoms.